The number of rotatable bonds is 2. The van der Waals surface area contributed by atoms with Gasteiger partial charge in [0.1, 0.15) is 0 Å². The molecule has 3 nitrogen and oxygen atoms in total. The van der Waals surface area contributed by atoms with Crippen molar-refractivity contribution >= 4 is 5.96 Å². The van der Waals surface area contributed by atoms with Crippen molar-refractivity contribution < 1.29 is 0 Å². The Morgan fingerprint density at radius 1 is 1.67 bits per heavy atom. The predicted molar refractivity (Wildman–Crippen MR) is 52.1 cm³/mol. The lowest BCUT2D eigenvalue weighted by Gasteiger charge is -2.38. The number of aliphatic imine (C=N–C) groups is 1. The van der Waals surface area contributed by atoms with Gasteiger partial charge in [-0.15, -0.1) is 0 Å². The third-order valence-corrected chi connectivity index (χ3v) is 3.01. The highest BCUT2D eigenvalue weighted by Gasteiger charge is 2.39. The molecule has 0 radical (unpaired) electrons. The summed E-state index contributed by atoms with van der Waals surface area (Å²) in [6.07, 6.45) is 0. The second kappa shape index (κ2) is 2.96. The lowest BCUT2D eigenvalue weighted by atomic mass is 9.88. The number of nitrogens with two attached hydrogens (primary N) is 1. The van der Waals surface area contributed by atoms with E-state index in [1.54, 1.807) is 0 Å². The first-order valence-electron chi connectivity index (χ1n) is 4.60. The van der Waals surface area contributed by atoms with Gasteiger partial charge in [0, 0.05) is 6.54 Å². The van der Waals surface area contributed by atoms with E-state index in [0.29, 0.717) is 11.9 Å². The zero-order valence-electron chi connectivity index (χ0n) is 8.46. The van der Waals surface area contributed by atoms with Crippen LogP contribution in [0.5, 0.6) is 0 Å². The summed E-state index contributed by atoms with van der Waals surface area (Å²) in [5.74, 6) is 1.29. The quantitative estimate of drug-likeness (QED) is 0.671. The average molecular weight is 169 g/mol. The minimum absolute atomic E-state index is 0.138. The summed E-state index contributed by atoms with van der Waals surface area (Å²) in [7, 11) is 0. The summed E-state index contributed by atoms with van der Waals surface area (Å²) in [4.78, 5) is 6.48. The van der Waals surface area contributed by atoms with Crippen LogP contribution >= 0.6 is 0 Å². The van der Waals surface area contributed by atoms with Crippen LogP contribution < -0.4 is 5.73 Å². The molecule has 1 rings (SSSR count). The van der Waals surface area contributed by atoms with Gasteiger partial charge >= 0.3 is 0 Å². The van der Waals surface area contributed by atoms with Gasteiger partial charge in [0.2, 0.25) is 0 Å². The first-order chi connectivity index (χ1) is 5.52. The van der Waals surface area contributed by atoms with E-state index < -0.39 is 0 Å². The van der Waals surface area contributed by atoms with Gasteiger partial charge in [-0.3, -0.25) is 4.99 Å². The predicted octanol–water partition coefficient (Wildman–Crippen LogP) is 1.05. The van der Waals surface area contributed by atoms with E-state index in [1.807, 2.05) is 0 Å². The molecule has 70 valence electrons. The summed E-state index contributed by atoms with van der Waals surface area (Å²) in [6, 6.07) is 0. The summed E-state index contributed by atoms with van der Waals surface area (Å²) in [6.45, 7) is 10.6. The van der Waals surface area contributed by atoms with E-state index in [9.17, 15) is 0 Å². The largest absolute Gasteiger partial charge is 0.370 e. The molecule has 0 aromatic rings. The average Bonchev–Trinajstić information content (AvgIpc) is 2.29. The van der Waals surface area contributed by atoms with E-state index in [1.165, 1.54) is 0 Å². The van der Waals surface area contributed by atoms with Crippen LogP contribution in [0.3, 0.4) is 0 Å². The van der Waals surface area contributed by atoms with Crippen LogP contribution in [0.4, 0.5) is 0 Å². The van der Waals surface area contributed by atoms with E-state index >= 15 is 0 Å². The van der Waals surface area contributed by atoms with Crippen molar-refractivity contribution in [1.82, 2.24) is 4.90 Å². The SMILES string of the molecule is CCN1C(N)=NCC1(C)C(C)C. The Bertz CT molecular complexity index is 198. The standard InChI is InChI=1S/C9H19N3/c1-5-12-8(10)11-6-9(12,4)7(2)3/h7H,5-6H2,1-4H3,(H2,10,11). The number of guanidine groups is 1. The van der Waals surface area contributed by atoms with Gasteiger partial charge in [-0.2, -0.15) is 0 Å². The van der Waals surface area contributed by atoms with E-state index in [4.69, 9.17) is 5.73 Å². The molecule has 1 heterocycles. The van der Waals surface area contributed by atoms with Crippen molar-refractivity contribution in [3.05, 3.63) is 0 Å². The molecular weight excluding hydrogens is 150 g/mol. The Hall–Kier alpha value is -0.730. The van der Waals surface area contributed by atoms with E-state index in [-0.39, 0.29) is 5.54 Å². The Labute approximate surface area is 74.6 Å². The summed E-state index contributed by atoms with van der Waals surface area (Å²) in [5, 5.41) is 0. The molecule has 1 unspecified atom stereocenters. The number of hydrogen-bond donors (Lipinski definition) is 1. The van der Waals surface area contributed by atoms with Crippen LogP contribution in [0, 0.1) is 5.92 Å². The molecule has 0 saturated heterocycles. The molecule has 12 heavy (non-hydrogen) atoms. The second-order valence-corrected chi connectivity index (χ2v) is 3.93. The number of hydrogen-bond acceptors (Lipinski definition) is 3. The molecule has 3 heteroatoms. The van der Waals surface area contributed by atoms with Crippen LogP contribution in [0.25, 0.3) is 0 Å². The topological polar surface area (TPSA) is 41.6 Å². The van der Waals surface area contributed by atoms with Gasteiger partial charge < -0.3 is 10.6 Å². The molecule has 1 aliphatic heterocycles. The third kappa shape index (κ3) is 1.17. The molecule has 0 aromatic carbocycles. The number of likely N-dealkylation sites (N-methyl/N-ethyl adjacent to an activating group) is 1. The second-order valence-electron chi connectivity index (χ2n) is 3.93. The van der Waals surface area contributed by atoms with Gasteiger partial charge in [-0.1, -0.05) is 13.8 Å². The van der Waals surface area contributed by atoms with Crippen molar-refractivity contribution in [3.63, 3.8) is 0 Å². The third-order valence-electron chi connectivity index (χ3n) is 3.01. The van der Waals surface area contributed by atoms with Crippen LogP contribution in [-0.2, 0) is 0 Å². The van der Waals surface area contributed by atoms with Crippen molar-refractivity contribution in [2.75, 3.05) is 13.1 Å². The van der Waals surface area contributed by atoms with E-state index in [0.717, 1.165) is 13.1 Å². The molecule has 0 fully saturated rings. The van der Waals surface area contributed by atoms with Crippen LogP contribution in [0.15, 0.2) is 4.99 Å². The van der Waals surface area contributed by atoms with Crippen molar-refractivity contribution in [1.29, 1.82) is 0 Å². The van der Waals surface area contributed by atoms with E-state index in [2.05, 4.69) is 37.6 Å². The number of nitrogens with zero attached hydrogens (tertiary/aromatic N) is 2. The lowest BCUT2D eigenvalue weighted by molar-refractivity contribution is 0.166. The van der Waals surface area contributed by atoms with Crippen LogP contribution in [0.1, 0.15) is 27.7 Å². The van der Waals surface area contributed by atoms with Gasteiger partial charge in [0.05, 0.1) is 12.1 Å². The fraction of sp³-hybridized carbons (Fsp3) is 0.889. The van der Waals surface area contributed by atoms with Crippen molar-refractivity contribution in [2.45, 2.75) is 33.2 Å². The molecule has 0 aliphatic carbocycles. The highest BCUT2D eigenvalue weighted by Crippen LogP contribution is 2.28. The molecule has 1 aliphatic rings. The maximum Gasteiger partial charge on any atom is 0.191 e. The Kier molecular flexibility index (Phi) is 2.31. The Balaban J connectivity index is 2.83. The first-order valence-corrected chi connectivity index (χ1v) is 4.60. The molecule has 2 N–H and O–H groups in total. The zero-order chi connectivity index (χ0) is 9.35. The molecular formula is C9H19N3. The highest BCUT2D eigenvalue weighted by molar-refractivity contribution is 5.80. The maximum absolute atomic E-state index is 5.78. The highest BCUT2D eigenvalue weighted by atomic mass is 15.3. The van der Waals surface area contributed by atoms with Gasteiger partial charge in [-0.05, 0) is 19.8 Å². The molecule has 0 amide bonds. The van der Waals surface area contributed by atoms with Gasteiger partial charge in [0.25, 0.3) is 0 Å². The minimum Gasteiger partial charge on any atom is -0.370 e. The first kappa shape index (κ1) is 9.36. The lowest BCUT2D eigenvalue weighted by Crippen LogP contribution is -2.52. The fourth-order valence-electron chi connectivity index (χ4n) is 1.69. The molecule has 0 aromatic heterocycles. The summed E-state index contributed by atoms with van der Waals surface area (Å²) < 4.78 is 0. The van der Waals surface area contributed by atoms with Crippen LogP contribution in [-0.4, -0.2) is 29.5 Å². The Morgan fingerprint density at radius 3 is 2.58 bits per heavy atom. The summed E-state index contributed by atoms with van der Waals surface area (Å²) >= 11 is 0. The molecule has 0 saturated carbocycles. The molecule has 1 atom stereocenters. The normalized spacial score (nSPS) is 29.8. The fourth-order valence-corrected chi connectivity index (χ4v) is 1.69. The zero-order valence-corrected chi connectivity index (χ0v) is 8.46. The summed E-state index contributed by atoms with van der Waals surface area (Å²) in [5.41, 5.74) is 5.92. The maximum atomic E-state index is 5.78. The Morgan fingerprint density at radius 2 is 2.25 bits per heavy atom. The molecule has 0 bridgehead atoms. The smallest absolute Gasteiger partial charge is 0.191 e. The van der Waals surface area contributed by atoms with Gasteiger partial charge in [-0.25, -0.2) is 0 Å². The minimum atomic E-state index is 0.138. The van der Waals surface area contributed by atoms with Crippen molar-refractivity contribution in [2.24, 2.45) is 16.6 Å². The van der Waals surface area contributed by atoms with Gasteiger partial charge in [0.15, 0.2) is 5.96 Å². The monoisotopic (exact) mass is 169 g/mol. The van der Waals surface area contributed by atoms with Crippen LogP contribution in [0.2, 0.25) is 0 Å². The van der Waals surface area contributed by atoms with Crippen molar-refractivity contribution in [3.8, 4) is 0 Å². The molecule has 0 spiro atoms.